The van der Waals surface area contributed by atoms with Crippen molar-refractivity contribution in [2.45, 2.75) is 20.3 Å². The van der Waals surface area contributed by atoms with Crippen LogP contribution >= 0.6 is 0 Å². The van der Waals surface area contributed by atoms with Crippen LogP contribution in [0.5, 0.6) is 0 Å². The van der Waals surface area contributed by atoms with E-state index < -0.39 is 0 Å². The van der Waals surface area contributed by atoms with E-state index in [1.165, 1.54) is 5.56 Å². The van der Waals surface area contributed by atoms with Crippen molar-refractivity contribution in [3.63, 3.8) is 0 Å². The van der Waals surface area contributed by atoms with Crippen LogP contribution < -0.4 is 10.2 Å². The summed E-state index contributed by atoms with van der Waals surface area (Å²) in [5.41, 5.74) is 5.58. The maximum atomic E-state index is 12.5. The van der Waals surface area contributed by atoms with Crippen molar-refractivity contribution in [3.05, 3.63) is 83.4 Å². The zero-order valence-corrected chi connectivity index (χ0v) is 15.9. The van der Waals surface area contributed by atoms with Crippen LogP contribution in [0.25, 0.3) is 0 Å². The second-order valence-corrected chi connectivity index (χ2v) is 6.70. The molecule has 138 valence electrons. The van der Waals surface area contributed by atoms with Crippen LogP contribution in [-0.4, -0.2) is 29.5 Å². The summed E-state index contributed by atoms with van der Waals surface area (Å²) in [6.45, 7) is 4.84. The predicted molar refractivity (Wildman–Crippen MR) is 109 cm³/mol. The van der Waals surface area contributed by atoms with E-state index in [0.717, 1.165) is 35.5 Å². The third-order valence-corrected chi connectivity index (χ3v) is 4.55. The smallest absolute Gasteiger partial charge is 0.274 e. The fourth-order valence-electron chi connectivity index (χ4n) is 2.78. The molecule has 1 aromatic carbocycles. The number of carbonyl (C=O) groups is 1. The summed E-state index contributed by atoms with van der Waals surface area (Å²) in [7, 11) is 2.02. The molecule has 0 aliphatic heterocycles. The number of hydrogen-bond donors (Lipinski definition) is 1. The summed E-state index contributed by atoms with van der Waals surface area (Å²) in [5, 5.41) is 2.94. The van der Waals surface area contributed by atoms with E-state index in [1.807, 2.05) is 57.3 Å². The molecule has 5 nitrogen and oxygen atoms in total. The SMILES string of the molecule is Cc1ccc(C)c(NC(=O)c2ccc(N(C)CCc3ccncc3)cn2)c1. The minimum Gasteiger partial charge on any atom is -0.373 e. The number of nitrogens with one attached hydrogen (secondary N) is 1. The number of likely N-dealkylation sites (N-methyl/N-ethyl adjacent to an activating group) is 1. The molecule has 27 heavy (non-hydrogen) atoms. The Kier molecular flexibility index (Phi) is 5.81. The Balaban J connectivity index is 1.62. The van der Waals surface area contributed by atoms with Gasteiger partial charge in [0.05, 0.1) is 11.9 Å². The van der Waals surface area contributed by atoms with Gasteiger partial charge in [-0.15, -0.1) is 0 Å². The highest BCUT2D eigenvalue weighted by Gasteiger charge is 2.10. The van der Waals surface area contributed by atoms with E-state index in [-0.39, 0.29) is 5.91 Å². The normalized spacial score (nSPS) is 10.5. The number of aromatic nitrogens is 2. The number of benzene rings is 1. The second-order valence-electron chi connectivity index (χ2n) is 6.70. The van der Waals surface area contributed by atoms with Gasteiger partial charge in [-0.3, -0.25) is 9.78 Å². The van der Waals surface area contributed by atoms with Crippen molar-refractivity contribution in [2.24, 2.45) is 0 Å². The predicted octanol–water partition coefficient (Wildman–Crippen LogP) is 4.02. The van der Waals surface area contributed by atoms with Gasteiger partial charge in [0.15, 0.2) is 0 Å². The van der Waals surface area contributed by atoms with Gasteiger partial charge >= 0.3 is 0 Å². The number of aryl methyl sites for hydroxylation is 2. The molecule has 1 amide bonds. The molecule has 1 N–H and O–H groups in total. The third kappa shape index (κ3) is 4.91. The van der Waals surface area contributed by atoms with Gasteiger partial charge in [0.2, 0.25) is 0 Å². The lowest BCUT2D eigenvalue weighted by atomic mass is 10.1. The van der Waals surface area contributed by atoms with E-state index in [4.69, 9.17) is 0 Å². The number of rotatable bonds is 6. The van der Waals surface area contributed by atoms with Crippen molar-refractivity contribution < 1.29 is 4.79 Å². The average Bonchev–Trinajstić information content (AvgIpc) is 2.70. The standard InChI is InChI=1S/C22H24N4O/c1-16-4-5-17(2)21(14-16)25-22(27)20-7-6-19(15-24-20)26(3)13-10-18-8-11-23-12-9-18/h4-9,11-12,14-15H,10,13H2,1-3H3,(H,25,27). The molecule has 0 bridgehead atoms. The second kappa shape index (κ2) is 8.45. The first-order valence-corrected chi connectivity index (χ1v) is 8.97. The largest absolute Gasteiger partial charge is 0.373 e. The maximum absolute atomic E-state index is 12.5. The van der Waals surface area contributed by atoms with E-state index in [2.05, 4.69) is 20.2 Å². The summed E-state index contributed by atoms with van der Waals surface area (Å²) in [4.78, 5) is 23.0. The molecule has 5 heteroatoms. The highest BCUT2D eigenvalue weighted by atomic mass is 16.1. The summed E-state index contributed by atoms with van der Waals surface area (Å²) in [6.07, 6.45) is 6.28. The number of pyridine rings is 2. The Hall–Kier alpha value is -3.21. The average molecular weight is 360 g/mol. The number of hydrogen-bond acceptors (Lipinski definition) is 4. The fraction of sp³-hybridized carbons (Fsp3) is 0.227. The zero-order valence-electron chi connectivity index (χ0n) is 15.9. The Bertz CT molecular complexity index is 907. The van der Waals surface area contributed by atoms with Crippen LogP contribution in [-0.2, 0) is 6.42 Å². The molecule has 0 saturated carbocycles. The number of amides is 1. The first kappa shape index (κ1) is 18.6. The monoisotopic (exact) mass is 360 g/mol. The van der Waals surface area contributed by atoms with Crippen molar-refractivity contribution in [3.8, 4) is 0 Å². The number of carbonyl (C=O) groups excluding carboxylic acids is 1. The highest BCUT2D eigenvalue weighted by Crippen LogP contribution is 2.18. The fourth-order valence-corrected chi connectivity index (χ4v) is 2.78. The molecule has 0 saturated heterocycles. The van der Waals surface area contributed by atoms with Crippen LogP contribution in [0, 0.1) is 13.8 Å². The molecular formula is C22H24N4O. The van der Waals surface area contributed by atoms with Gasteiger partial charge in [-0.25, -0.2) is 4.98 Å². The van der Waals surface area contributed by atoms with Crippen LogP contribution in [0.15, 0.2) is 61.1 Å². The topological polar surface area (TPSA) is 58.1 Å². The minimum atomic E-state index is -0.199. The van der Waals surface area contributed by atoms with Crippen molar-refractivity contribution in [1.29, 1.82) is 0 Å². The van der Waals surface area contributed by atoms with Crippen molar-refractivity contribution >= 4 is 17.3 Å². The molecule has 2 aromatic heterocycles. The third-order valence-electron chi connectivity index (χ3n) is 4.55. The van der Waals surface area contributed by atoms with Gasteiger partial charge in [0, 0.05) is 31.7 Å². The molecule has 0 radical (unpaired) electrons. The lowest BCUT2D eigenvalue weighted by Crippen LogP contribution is -2.21. The Morgan fingerprint density at radius 1 is 1.07 bits per heavy atom. The molecule has 3 rings (SSSR count). The van der Waals surface area contributed by atoms with Crippen LogP contribution in [0.4, 0.5) is 11.4 Å². The molecule has 0 spiro atoms. The Labute approximate surface area is 160 Å². The van der Waals surface area contributed by atoms with Gasteiger partial charge in [0.25, 0.3) is 5.91 Å². The lowest BCUT2D eigenvalue weighted by molar-refractivity contribution is 0.102. The van der Waals surface area contributed by atoms with E-state index in [0.29, 0.717) is 5.69 Å². The van der Waals surface area contributed by atoms with Crippen LogP contribution in [0.2, 0.25) is 0 Å². The van der Waals surface area contributed by atoms with Crippen molar-refractivity contribution in [1.82, 2.24) is 9.97 Å². The Morgan fingerprint density at radius 2 is 1.85 bits per heavy atom. The molecule has 3 aromatic rings. The summed E-state index contributed by atoms with van der Waals surface area (Å²) >= 11 is 0. The van der Waals surface area contributed by atoms with E-state index in [9.17, 15) is 4.79 Å². The summed E-state index contributed by atoms with van der Waals surface area (Å²) < 4.78 is 0. The number of nitrogens with zero attached hydrogens (tertiary/aromatic N) is 3. The summed E-state index contributed by atoms with van der Waals surface area (Å²) in [5.74, 6) is -0.199. The van der Waals surface area contributed by atoms with Gasteiger partial charge in [0.1, 0.15) is 5.69 Å². The molecular weight excluding hydrogens is 336 g/mol. The molecule has 0 fully saturated rings. The molecule has 2 heterocycles. The first-order chi connectivity index (χ1) is 13.0. The van der Waals surface area contributed by atoms with Crippen molar-refractivity contribution in [2.75, 3.05) is 23.8 Å². The van der Waals surface area contributed by atoms with Crippen LogP contribution in [0.1, 0.15) is 27.2 Å². The van der Waals surface area contributed by atoms with Gasteiger partial charge in [-0.05, 0) is 67.3 Å². The van der Waals surface area contributed by atoms with Crippen LogP contribution in [0.3, 0.4) is 0 Å². The molecule has 0 aliphatic rings. The quantitative estimate of drug-likeness (QED) is 0.721. The molecule has 0 unspecified atom stereocenters. The van der Waals surface area contributed by atoms with Gasteiger partial charge in [-0.2, -0.15) is 0 Å². The number of anilines is 2. The lowest BCUT2D eigenvalue weighted by Gasteiger charge is -2.19. The molecule has 0 atom stereocenters. The maximum Gasteiger partial charge on any atom is 0.274 e. The van der Waals surface area contributed by atoms with Gasteiger partial charge in [-0.1, -0.05) is 12.1 Å². The van der Waals surface area contributed by atoms with Gasteiger partial charge < -0.3 is 10.2 Å². The highest BCUT2D eigenvalue weighted by molar-refractivity contribution is 6.03. The summed E-state index contributed by atoms with van der Waals surface area (Å²) in [6, 6.07) is 13.7. The van der Waals surface area contributed by atoms with E-state index >= 15 is 0 Å². The minimum absolute atomic E-state index is 0.199. The zero-order chi connectivity index (χ0) is 19.2. The Morgan fingerprint density at radius 3 is 2.56 bits per heavy atom. The first-order valence-electron chi connectivity index (χ1n) is 8.97. The molecule has 0 aliphatic carbocycles. The van der Waals surface area contributed by atoms with E-state index in [1.54, 1.807) is 24.7 Å².